The van der Waals surface area contributed by atoms with Crippen LogP contribution in [0.3, 0.4) is 0 Å². The van der Waals surface area contributed by atoms with Crippen LogP contribution >= 0.6 is 0 Å². The Balaban J connectivity index is 2.28. The van der Waals surface area contributed by atoms with Gasteiger partial charge < -0.3 is 20.0 Å². The Morgan fingerprint density at radius 3 is 2.81 bits per heavy atom. The topological polar surface area (TPSA) is 94.1 Å². The molecule has 3 rings (SSSR count). The van der Waals surface area contributed by atoms with Crippen molar-refractivity contribution in [2.24, 2.45) is 0 Å². The lowest BCUT2D eigenvalue weighted by atomic mass is 10.0. The van der Waals surface area contributed by atoms with Crippen LogP contribution in [0.4, 0.5) is 5.88 Å². The number of aromatic amines is 1. The molecule has 2 aromatic heterocycles. The summed E-state index contributed by atoms with van der Waals surface area (Å²) < 4.78 is 10.4. The molecule has 3 aromatic rings. The van der Waals surface area contributed by atoms with Crippen molar-refractivity contribution in [3.05, 3.63) is 52.9 Å². The maximum Gasteiger partial charge on any atom is 0.230 e. The van der Waals surface area contributed by atoms with E-state index < -0.39 is 0 Å². The van der Waals surface area contributed by atoms with Gasteiger partial charge in [-0.1, -0.05) is 23.4 Å². The summed E-state index contributed by atoms with van der Waals surface area (Å²) in [6.45, 7) is 0. The first-order valence-electron chi connectivity index (χ1n) is 6.28. The van der Waals surface area contributed by atoms with Crippen LogP contribution in [0.15, 0.2) is 52.0 Å². The third-order valence-corrected chi connectivity index (χ3v) is 3.17. The van der Waals surface area contributed by atoms with Gasteiger partial charge in [0.2, 0.25) is 5.88 Å². The van der Waals surface area contributed by atoms with E-state index in [0.29, 0.717) is 22.6 Å². The molecule has 1 aromatic carbocycles. The Bertz CT molecular complexity index is 836. The standard InChI is InChI=1S/C15H13N3O3/c1-20-12-5-3-2-4-9(12)13-14(18-21-15(13)16)10-8-17-7-6-11(10)19/h2-8H,16H2,1H3,(H,17,19). The van der Waals surface area contributed by atoms with Gasteiger partial charge in [-0.3, -0.25) is 4.79 Å². The van der Waals surface area contributed by atoms with E-state index in [1.807, 2.05) is 18.2 Å². The summed E-state index contributed by atoms with van der Waals surface area (Å²) in [6.07, 6.45) is 3.12. The largest absolute Gasteiger partial charge is 0.496 e. The van der Waals surface area contributed by atoms with Crippen LogP contribution in [0.2, 0.25) is 0 Å². The quantitative estimate of drug-likeness (QED) is 0.769. The third kappa shape index (κ3) is 2.16. The number of hydrogen-bond acceptors (Lipinski definition) is 5. The molecule has 0 saturated heterocycles. The fraction of sp³-hybridized carbons (Fsp3) is 0.0667. The zero-order chi connectivity index (χ0) is 14.8. The van der Waals surface area contributed by atoms with Gasteiger partial charge in [0.15, 0.2) is 5.43 Å². The van der Waals surface area contributed by atoms with E-state index in [2.05, 4.69) is 10.1 Å². The van der Waals surface area contributed by atoms with Crippen LogP contribution in [-0.4, -0.2) is 17.3 Å². The van der Waals surface area contributed by atoms with Gasteiger partial charge in [-0.25, -0.2) is 0 Å². The molecule has 2 heterocycles. The highest BCUT2D eigenvalue weighted by Crippen LogP contribution is 2.39. The van der Waals surface area contributed by atoms with E-state index in [4.69, 9.17) is 15.0 Å². The number of anilines is 1. The number of para-hydroxylation sites is 1. The zero-order valence-electron chi connectivity index (χ0n) is 11.3. The van der Waals surface area contributed by atoms with Crippen LogP contribution in [0.5, 0.6) is 5.75 Å². The van der Waals surface area contributed by atoms with Gasteiger partial charge in [-0.2, -0.15) is 0 Å². The predicted molar refractivity (Wildman–Crippen MR) is 79.0 cm³/mol. The minimum atomic E-state index is -0.168. The van der Waals surface area contributed by atoms with E-state index in [0.717, 1.165) is 5.56 Å². The number of ether oxygens (including phenoxy) is 1. The average molecular weight is 283 g/mol. The fourth-order valence-electron chi connectivity index (χ4n) is 2.20. The molecule has 0 atom stereocenters. The highest BCUT2D eigenvalue weighted by atomic mass is 16.5. The predicted octanol–water partition coefficient (Wildman–Crippen LogP) is 2.29. The van der Waals surface area contributed by atoms with Crippen LogP contribution in [0.25, 0.3) is 22.4 Å². The van der Waals surface area contributed by atoms with E-state index >= 15 is 0 Å². The first-order valence-corrected chi connectivity index (χ1v) is 6.28. The molecule has 0 fully saturated rings. The summed E-state index contributed by atoms with van der Waals surface area (Å²) in [5.74, 6) is 0.763. The smallest absolute Gasteiger partial charge is 0.230 e. The number of H-pyrrole nitrogens is 1. The molecule has 6 nitrogen and oxygen atoms in total. The lowest BCUT2D eigenvalue weighted by Gasteiger charge is -2.08. The molecule has 0 aliphatic carbocycles. The SMILES string of the molecule is COc1ccccc1-c1c(-c2c[nH]ccc2=O)noc1N. The molecule has 0 bridgehead atoms. The maximum absolute atomic E-state index is 12.0. The van der Waals surface area contributed by atoms with E-state index in [1.165, 1.54) is 6.07 Å². The normalized spacial score (nSPS) is 10.5. The second kappa shape index (κ2) is 5.16. The summed E-state index contributed by atoms with van der Waals surface area (Å²) >= 11 is 0. The van der Waals surface area contributed by atoms with E-state index in [-0.39, 0.29) is 11.3 Å². The number of aromatic nitrogens is 2. The van der Waals surface area contributed by atoms with Gasteiger partial charge in [0.25, 0.3) is 0 Å². The molecular weight excluding hydrogens is 270 g/mol. The number of hydrogen-bond donors (Lipinski definition) is 2. The summed E-state index contributed by atoms with van der Waals surface area (Å²) in [5.41, 5.74) is 7.76. The number of nitrogens with zero attached hydrogens (tertiary/aromatic N) is 1. The summed E-state index contributed by atoms with van der Waals surface area (Å²) in [5, 5.41) is 3.92. The van der Waals surface area contributed by atoms with Crippen molar-refractivity contribution in [2.75, 3.05) is 12.8 Å². The lowest BCUT2D eigenvalue weighted by molar-refractivity contribution is 0.416. The number of methoxy groups -OCH3 is 1. The molecule has 0 aliphatic heterocycles. The molecular formula is C15H13N3O3. The molecule has 106 valence electrons. The highest BCUT2D eigenvalue weighted by Gasteiger charge is 2.21. The molecule has 0 aliphatic rings. The van der Waals surface area contributed by atoms with Gasteiger partial charge >= 0.3 is 0 Å². The Labute approximate surface area is 120 Å². The number of pyridine rings is 1. The van der Waals surface area contributed by atoms with Crippen molar-refractivity contribution in [1.82, 2.24) is 10.1 Å². The monoisotopic (exact) mass is 283 g/mol. The minimum absolute atomic E-state index is 0.137. The van der Waals surface area contributed by atoms with Gasteiger partial charge in [0, 0.05) is 24.0 Å². The van der Waals surface area contributed by atoms with Gasteiger partial charge in [0.05, 0.1) is 18.2 Å². The van der Waals surface area contributed by atoms with Crippen LogP contribution < -0.4 is 15.9 Å². The molecule has 0 spiro atoms. The summed E-state index contributed by atoms with van der Waals surface area (Å²) in [4.78, 5) is 14.9. The van der Waals surface area contributed by atoms with Crippen molar-refractivity contribution in [3.63, 3.8) is 0 Å². The molecule has 21 heavy (non-hydrogen) atoms. The number of rotatable bonds is 3. The molecule has 0 amide bonds. The Morgan fingerprint density at radius 1 is 1.24 bits per heavy atom. The van der Waals surface area contributed by atoms with Crippen molar-refractivity contribution in [3.8, 4) is 28.1 Å². The van der Waals surface area contributed by atoms with Crippen molar-refractivity contribution in [2.45, 2.75) is 0 Å². The van der Waals surface area contributed by atoms with Crippen molar-refractivity contribution >= 4 is 5.88 Å². The summed E-state index contributed by atoms with van der Waals surface area (Å²) in [7, 11) is 1.57. The van der Waals surface area contributed by atoms with Crippen LogP contribution in [-0.2, 0) is 0 Å². The lowest BCUT2D eigenvalue weighted by Crippen LogP contribution is -2.04. The van der Waals surface area contributed by atoms with E-state index in [9.17, 15) is 4.79 Å². The summed E-state index contributed by atoms with van der Waals surface area (Å²) in [6, 6.07) is 8.76. The van der Waals surface area contributed by atoms with Crippen LogP contribution in [0, 0.1) is 0 Å². The first kappa shape index (κ1) is 13.0. The number of nitrogens with two attached hydrogens (primary N) is 1. The van der Waals surface area contributed by atoms with E-state index in [1.54, 1.807) is 25.6 Å². The third-order valence-electron chi connectivity index (χ3n) is 3.17. The molecule has 6 heteroatoms. The fourth-order valence-corrected chi connectivity index (χ4v) is 2.20. The number of nitrogens with one attached hydrogen (secondary N) is 1. The molecule has 0 unspecified atom stereocenters. The van der Waals surface area contributed by atoms with Crippen molar-refractivity contribution in [1.29, 1.82) is 0 Å². The molecule has 0 saturated carbocycles. The van der Waals surface area contributed by atoms with Gasteiger partial charge in [-0.15, -0.1) is 0 Å². The molecule has 0 radical (unpaired) electrons. The first-order chi connectivity index (χ1) is 10.2. The highest BCUT2D eigenvalue weighted by molar-refractivity contribution is 5.89. The Hall–Kier alpha value is -3.02. The zero-order valence-corrected chi connectivity index (χ0v) is 11.3. The average Bonchev–Trinajstić information content (AvgIpc) is 2.89. The minimum Gasteiger partial charge on any atom is -0.496 e. The Kier molecular flexibility index (Phi) is 3.19. The van der Waals surface area contributed by atoms with Crippen molar-refractivity contribution < 1.29 is 9.26 Å². The number of nitrogen functional groups attached to an aromatic ring is 1. The van der Waals surface area contributed by atoms with Gasteiger partial charge in [-0.05, 0) is 6.07 Å². The van der Waals surface area contributed by atoms with Gasteiger partial charge in [0.1, 0.15) is 11.4 Å². The number of benzene rings is 1. The van der Waals surface area contributed by atoms with Crippen LogP contribution in [0.1, 0.15) is 0 Å². The Morgan fingerprint density at radius 2 is 2.05 bits per heavy atom. The second-order valence-corrected chi connectivity index (χ2v) is 4.39. The molecule has 3 N–H and O–H groups in total. The maximum atomic E-state index is 12.0. The second-order valence-electron chi connectivity index (χ2n) is 4.39.